The Morgan fingerprint density at radius 2 is 2.02 bits per heavy atom. The lowest BCUT2D eigenvalue weighted by Gasteiger charge is -2.27. The summed E-state index contributed by atoms with van der Waals surface area (Å²) >= 11 is 1.31. The smallest absolute Gasteiger partial charge is 0.335 e. The number of nitrogens with zero attached hydrogens (tertiary/aromatic N) is 4. The summed E-state index contributed by atoms with van der Waals surface area (Å²) in [6.07, 6.45) is 0.783. The van der Waals surface area contributed by atoms with Crippen LogP contribution in [-0.2, 0) is 24.3 Å². The summed E-state index contributed by atoms with van der Waals surface area (Å²) in [5.41, 5.74) is 2.39. The predicted octanol–water partition coefficient (Wildman–Crippen LogP) is 5.97. The summed E-state index contributed by atoms with van der Waals surface area (Å²) in [4.78, 5) is 21.1. The molecule has 0 spiro atoms. The molecule has 1 N–H and O–H groups in total. The standard InChI is InChI=1S/C30H22F2N4O4S/c31-23-12-22(25-2-1-3-29(35-25)40-15-17-8-21(13-33)41-16-17)24(32)9-19(23)11-28-34-26-5-4-18(30(37)38)10-27(26)36(28)14-20-6-7-39-20/h1-5,8-10,12,16,20H,6-7,11,14-15H2,(H,37,38). The number of carbonyl (C=O) groups is 1. The van der Waals surface area contributed by atoms with Gasteiger partial charge in [0.1, 0.15) is 35.0 Å². The van der Waals surface area contributed by atoms with E-state index in [4.69, 9.17) is 14.7 Å². The van der Waals surface area contributed by atoms with Crippen LogP contribution in [0.3, 0.4) is 0 Å². The molecule has 1 aliphatic heterocycles. The van der Waals surface area contributed by atoms with Crippen molar-refractivity contribution in [2.45, 2.75) is 32.1 Å². The van der Waals surface area contributed by atoms with Crippen LogP contribution in [-0.4, -0.2) is 38.3 Å². The molecule has 1 atom stereocenters. The summed E-state index contributed by atoms with van der Waals surface area (Å²) in [6, 6.07) is 15.5. The maximum absolute atomic E-state index is 15.4. The number of pyridine rings is 1. The van der Waals surface area contributed by atoms with E-state index < -0.39 is 17.6 Å². The van der Waals surface area contributed by atoms with Gasteiger partial charge in [-0.3, -0.25) is 0 Å². The zero-order valence-corrected chi connectivity index (χ0v) is 22.3. The minimum atomic E-state index is -1.06. The monoisotopic (exact) mass is 572 g/mol. The molecule has 0 saturated carbocycles. The molecule has 0 radical (unpaired) electrons. The van der Waals surface area contributed by atoms with Crippen molar-refractivity contribution in [2.75, 3.05) is 6.61 Å². The lowest BCUT2D eigenvalue weighted by molar-refractivity contribution is -0.0589. The van der Waals surface area contributed by atoms with Gasteiger partial charge in [-0.15, -0.1) is 11.3 Å². The molecule has 41 heavy (non-hydrogen) atoms. The van der Waals surface area contributed by atoms with Gasteiger partial charge in [0.2, 0.25) is 5.88 Å². The van der Waals surface area contributed by atoms with E-state index in [1.54, 1.807) is 30.3 Å². The fourth-order valence-corrected chi connectivity index (χ4v) is 5.37. The van der Waals surface area contributed by atoms with Gasteiger partial charge in [-0.2, -0.15) is 5.26 Å². The molecule has 4 heterocycles. The molecule has 8 nitrogen and oxygen atoms in total. The molecule has 0 amide bonds. The van der Waals surface area contributed by atoms with E-state index in [2.05, 4.69) is 16.0 Å². The van der Waals surface area contributed by atoms with E-state index in [-0.39, 0.29) is 47.4 Å². The summed E-state index contributed by atoms with van der Waals surface area (Å²) in [5.74, 6) is -1.62. The Labute approximate surface area is 237 Å². The van der Waals surface area contributed by atoms with E-state index in [1.165, 1.54) is 23.5 Å². The van der Waals surface area contributed by atoms with Crippen molar-refractivity contribution in [3.05, 3.63) is 99.0 Å². The number of aromatic carboxylic acids is 1. The number of ether oxygens (including phenoxy) is 2. The van der Waals surface area contributed by atoms with Crippen LogP contribution in [0.1, 0.15) is 38.6 Å². The van der Waals surface area contributed by atoms with Gasteiger partial charge in [-0.1, -0.05) is 6.07 Å². The Morgan fingerprint density at radius 3 is 2.76 bits per heavy atom. The predicted molar refractivity (Wildman–Crippen MR) is 147 cm³/mol. The number of carboxylic acids is 1. The van der Waals surface area contributed by atoms with Crippen LogP contribution in [0, 0.1) is 23.0 Å². The maximum Gasteiger partial charge on any atom is 0.335 e. The fraction of sp³-hybridized carbons (Fsp3) is 0.200. The molecular weight excluding hydrogens is 550 g/mol. The largest absolute Gasteiger partial charge is 0.478 e. The highest BCUT2D eigenvalue weighted by atomic mass is 32.1. The van der Waals surface area contributed by atoms with Gasteiger partial charge in [-0.05, 0) is 59.8 Å². The third-order valence-electron chi connectivity index (χ3n) is 6.89. The molecule has 0 aliphatic carbocycles. The highest BCUT2D eigenvalue weighted by molar-refractivity contribution is 7.10. The van der Waals surface area contributed by atoms with E-state index >= 15 is 8.78 Å². The summed E-state index contributed by atoms with van der Waals surface area (Å²) < 4.78 is 43.9. The minimum absolute atomic E-state index is 0.00521. The summed E-state index contributed by atoms with van der Waals surface area (Å²) in [7, 11) is 0. The number of benzene rings is 2. The van der Waals surface area contributed by atoms with Gasteiger partial charge in [0.05, 0.1) is 34.9 Å². The van der Waals surface area contributed by atoms with Gasteiger partial charge in [0, 0.05) is 30.2 Å². The molecule has 1 unspecified atom stereocenters. The molecule has 3 aromatic heterocycles. The number of thiophene rings is 1. The first-order chi connectivity index (χ1) is 19.9. The second kappa shape index (κ2) is 11.1. The van der Waals surface area contributed by atoms with E-state index in [0.29, 0.717) is 34.9 Å². The second-order valence-electron chi connectivity index (χ2n) is 9.61. The number of rotatable bonds is 9. The van der Waals surface area contributed by atoms with Gasteiger partial charge >= 0.3 is 5.97 Å². The van der Waals surface area contributed by atoms with Crippen molar-refractivity contribution < 1.29 is 28.2 Å². The van der Waals surface area contributed by atoms with Crippen LogP contribution in [0.2, 0.25) is 0 Å². The number of nitriles is 1. The van der Waals surface area contributed by atoms with E-state index in [1.807, 2.05) is 9.95 Å². The zero-order valence-electron chi connectivity index (χ0n) is 21.5. The Bertz CT molecular complexity index is 1820. The number of carboxylic acid groups (broad SMARTS) is 1. The summed E-state index contributed by atoms with van der Waals surface area (Å²) in [6.45, 7) is 1.26. The number of halogens is 2. The highest BCUT2D eigenvalue weighted by Crippen LogP contribution is 2.29. The van der Waals surface area contributed by atoms with E-state index in [0.717, 1.165) is 24.1 Å². The first-order valence-corrected chi connectivity index (χ1v) is 13.7. The highest BCUT2D eigenvalue weighted by Gasteiger charge is 2.23. The average Bonchev–Trinajstić information content (AvgIpc) is 3.55. The molecule has 5 aromatic rings. The Morgan fingerprint density at radius 1 is 1.17 bits per heavy atom. The van der Waals surface area contributed by atoms with Crippen LogP contribution in [0.5, 0.6) is 5.88 Å². The first kappa shape index (κ1) is 26.6. The van der Waals surface area contributed by atoms with Gasteiger partial charge in [0.25, 0.3) is 0 Å². The molecule has 1 aliphatic rings. The van der Waals surface area contributed by atoms with E-state index in [9.17, 15) is 9.90 Å². The Kier molecular flexibility index (Phi) is 7.17. The second-order valence-corrected chi connectivity index (χ2v) is 10.5. The van der Waals surface area contributed by atoms with Gasteiger partial charge in [0.15, 0.2) is 0 Å². The van der Waals surface area contributed by atoms with Crippen molar-refractivity contribution in [2.24, 2.45) is 0 Å². The zero-order chi connectivity index (χ0) is 28.5. The molecule has 11 heteroatoms. The average molecular weight is 573 g/mol. The van der Waals surface area contributed by atoms with Gasteiger partial charge in [-0.25, -0.2) is 23.5 Å². The number of hydrogen-bond donors (Lipinski definition) is 1. The molecule has 0 bridgehead atoms. The lowest BCUT2D eigenvalue weighted by atomic mass is 10.0. The Hall–Kier alpha value is -4.66. The fourth-order valence-electron chi connectivity index (χ4n) is 4.68. The van der Waals surface area contributed by atoms with Crippen molar-refractivity contribution in [3.8, 4) is 23.2 Å². The third kappa shape index (κ3) is 5.52. The van der Waals surface area contributed by atoms with Crippen molar-refractivity contribution in [3.63, 3.8) is 0 Å². The topological polar surface area (TPSA) is 110 Å². The van der Waals surface area contributed by atoms with Crippen LogP contribution in [0.4, 0.5) is 8.78 Å². The molecule has 206 valence electrons. The number of aromatic nitrogens is 3. The Balaban J connectivity index is 1.27. The lowest BCUT2D eigenvalue weighted by Crippen LogP contribution is -2.31. The first-order valence-electron chi connectivity index (χ1n) is 12.8. The molecule has 1 fully saturated rings. The molecule has 6 rings (SSSR count). The maximum atomic E-state index is 15.4. The van der Waals surface area contributed by atoms with Crippen LogP contribution < -0.4 is 4.74 Å². The van der Waals surface area contributed by atoms with Gasteiger partial charge < -0.3 is 19.1 Å². The number of hydrogen-bond acceptors (Lipinski definition) is 7. The molecular formula is C30H22F2N4O4S. The normalized spacial score (nSPS) is 14.5. The molecule has 2 aromatic carbocycles. The minimum Gasteiger partial charge on any atom is -0.478 e. The SMILES string of the molecule is N#Cc1cc(COc2cccc(-c3cc(F)c(Cc4nc5ccc(C(=O)O)cc5n4CC4CCO4)cc3F)n2)cs1. The van der Waals surface area contributed by atoms with Crippen LogP contribution in [0.15, 0.2) is 60.0 Å². The number of imidazole rings is 1. The number of fused-ring (bicyclic) bond motifs is 1. The van der Waals surface area contributed by atoms with Crippen molar-refractivity contribution in [1.29, 1.82) is 5.26 Å². The quantitative estimate of drug-likeness (QED) is 0.232. The summed E-state index contributed by atoms with van der Waals surface area (Å²) in [5, 5.41) is 20.2. The van der Waals surface area contributed by atoms with Crippen molar-refractivity contribution >= 4 is 28.3 Å². The van der Waals surface area contributed by atoms with Crippen molar-refractivity contribution in [1.82, 2.24) is 14.5 Å². The van der Waals surface area contributed by atoms with Crippen LogP contribution >= 0.6 is 11.3 Å². The van der Waals surface area contributed by atoms with Crippen LogP contribution in [0.25, 0.3) is 22.3 Å². The molecule has 1 saturated heterocycles. The third-order valence-corrected chi connectivity index (χ3v) is 7.77.